The summed E-state index contributed by atoms with van der Waals surface area (Å²) in [6, 6.07) is 4.00. The second-order valence-corrected chi connectivity index (χ2v) is 15.7. The molecule has 0 spiro atoms. The first-order valence-corrected chi connectivity index (χ1v) is 18.5. The molecule has 3 fully saturated rings. The molecule has 1 aromatic rings. The van der Waals surface area contributed by atoms with Crippen LogP contribution in [0.3, 0.4) is 0 Å². The highest BCUT2D eigenvalue weighted by atomic mass is 32.2. The maximum atomic E-state index is 14.6. The summed E-state index contributed by atoms with van der Waals surface area (Å²) in [6.45, 7) is 4.48. The lowest BCUT2D eigenvalue weighted by atomic mass is 9.82. The van der Waals surface area contributed by atoms with Crippen LogP contribution in [-0.2, 0) is 42.2 Å². The zero-order valence-corrected chi connectivity index (χ0v) is 27.2. The van der Waals surface area contributed by atoms with Gasteiger partial charge in [-0.2, -0.15) is 0 Å². The minimum Gasteiger partial charge on any atom is -0.494 e. The number of fused-ring (bicyclic) bond motifs is 2. The fourth-order valence-electron chi connectivity index (χ4n) is 7.34. The first-order valence-electron chi connectivity index (χ1n) is 17.0. The summed E-state index contributed by atoms with van der Waals surface area (Å²) < 4.78 is 33.5. The van der Waals surface area contributed by atoms with E-state index >= 15 is 0 Å². The molecule has 250 valence electrons. The number of sulfonamides is 1. The highest BCUT2D eigenvalue weighted by Gasteiger charge is 2.61. The van der Waals surface area contributed by atoms with Crippen molar-refractivity contribution in [2.45, 2.75) is 119 Å². The molecule has 3 aliphatic carbocycles. The van der Waals surface area contributed by atoms with Gasteiger partial charge < -0.3 is 20.3 Å². The molecule has 3 saturated carbocycles. The van der Waals surface area contributed by atoms with Gasteiger partial charge in [0.25, 0.3) is 5.91 Å². The summed E-state index contributed by atoms with van der Waals surface area (Å²) in [5.74, 6) is -1.56. The topological polar surface area (TPSA) is 151 Å². The molecule has 3 N–H and O–H groups in total. The average Bonchev–Trinajstić information content (AvgIpc) is 3.98. The number of carbonyl (C=O) groups excluding carboxylic acids is 4. The van der Waals surface area contributed by atoms with E-state index in [0.717, 1.165) is 68.9 Å². The molecule has 46 heavy (non-hydrogen) atoms. The third kappa shape index (κ3) is 6.96. The molecule has 0 unspecified atom stereocenters. The molecular formula is C34H46N4O7S. The lowest BCUT2D eigenvalue weighted by Crippen LogP contribution is -2.62. The molecule has 1 aromatic carbocycles. The number of hydrogen-bond donors (Lipinski definition) is 3. The van der Waals surface area contributed by atoms with E-state index in [9.17, 15) is 27.6 Å². The van der Waals surface area contributed by atoms with E-state index in [1.165, 1.54) is 0 Å². The Bertz CT molecular complexity index is 1490. The number of amides is 4. The number of ether oxygens (including phenoxy) is 1. The van der Waals surface area contributed by atoms with E-state index in [4.69, 9.17) is 4.74 Å². The van der Waals surface area contributed by atoms with Crippen molar-refractivity contribution in [2.24, 2.45) is 11.8 Å². The quantitative estimate of drug-likeness (QED) is 0.383. The molecule has 2 aliphatic heterocycles. The summed E-state index contributed by atoms with van der Waals surface area (Å²) in [4.78, 5) is 56.9. The largest absolute Gasteiger partial charge is 0.494 e. The maximum Gasteiger partial charge on any atom is 0.259 e. The number of nitrogens with zero attached hydrogens (tertiary/aromatic N) is 1. The zero-order valence-electron chi connectivity index (χ0n) is 26.4. The number of hydrogen-bond acceptors (Lipinski definition) is 7. The van der Waals surface area contributed by atoms with Crippen LogP contribution in [0.15, 0.2) is 30.9 Å². The van der Waals surface area contributed by atoms with Crippen LogP contribution in [0.2, 0.25) is 0 Å². The Hall–Kier alpha value is -3.41. The highest BCUT2D eigenvalue weighted by Crippen LogP contribution is 2.45. The SMILES string of the molecule is C=C[C@@H]1C[C@]1(NC(=O)[C@@H]1Cc2ccc3cc2CN1C(=O)[C@H](C1CCCCC1)NC(=O)CCCCCCO3)C(=O)NS(=O)(=O)C1CC1. The Kier molecular flexibility index (Phi) is 9.45. The summed E-state index contributed by atoms with van der Waals surface area (Å²) in [5, 5.41) is 5.35. The molecule has 0 aromatic heterocycles. The van der Waals surface area contributed by atoms with E-state index < -0.39 is 50.6 Å². The predicted molar refractivity (Wildman–Crippen MR) is 171 cm³/mol. The van der Waals surface area contributed by atoms with Crippen molar-refractivity contribution < 1.29 is 32.3 Å². The molecule has 2 heterocycles. The Morgan fingerprint density at radius 3 is 2.46 bits per heavy atom. The summed E-state index contributed by atoms with van der Waals surface area (Å²) in [5.41, 5.74) is 0.300. The van der Waals surface area contributed by atoms with Gasteiger partial charge in [-0.15, -0.1) is 6.58 Å². The van der Waals surface area contributed by atoms with E-state index in [-0.39, 0.29) is 37.1 Å². The number of carbonyl (C=O) groups is 4. The predicted octanol–water partition coefficient (Wildman–Crippen LogP) is 3.02. The van der Waals surface area contributed by atoms with Gasteiger partial charge in [0.1, 0.15) is 23.4 Å². The van der Waals surface area contributed by atoms with Crippen LogP contribution in [0.1, 0.15) is 94.6 Å². The van der Waals surface area contributed by atoms with Gasteiger partial charge in [-0.1, -0.05) is 44.2 Å². The molecule has 0 saturated heterocycles. The van der Waals surface area contributed by atoms with Gasteiger partial charge in [-0.3, -0.25) is 23.9 Å². The van der Waals surface area contributed by atoms with Crippen LogP contribution in [0.5, 0.6) is 5.75 Å². The van der Waals surface area contributed by atoms with Crippen LogP contribution in [0.4, 0.5) is 0 Å². The van der Waals surface area contributed by atoms with Crippen LogP contribution in [0.25, 0.3) is 0 Å². The van der Waals surface area contributed by atoms with Crippen molar-refractivity contribution in [2.75, 3.05) is 6.61 Å². The van der Waals surface area contributed by atoms with Gasteiger partial charge in [0.15, 0.2) is 0 Å². The first kappa shape index (κ1) is 32.5. The van der Waals surface area contributed by atoms with Gasteiger partial charge in [0.05, 0.1) is 11.9 Å². The van der Waals surface area contributed by atoms with E-state index in [0.29, 0.717) is 31.6 Å². The zero-order chi connectivity index (χ0) is 32.5. The van der Waals surface area contributed by atoms with E-state index in [1.54, 1.807) is 11.0 Å². The standard InChI is InChI=1S/C34H46N4O7S/c1-2-25-20-34(25,33(42)37-46(43,44)27-15-16-27)36-31(40)28-19-23-13-14-26-18-24(23)21-38(28)32(41)30(22-10-6-5-7-11-22)35-29(39)12-8-3-4-9-17-45-26/h2,13-14,18,22,25,27-28,30H,1,3-12,15-17,19-21H2,(H,35,39)(H,36,40)(H,37,42)/t25-,28+,30+,34-/m1/s1. The van der Waals surface area contributed by atoms with Gasteiger partial charge in [-0.05, 0) is 74.1 Å². The Morgan fingerprint density at radius 2 is 1.74 bits per heavy atom. The van der Waals surface area contributed by atoms with Gasteiger partial charge >= 0.3 is 0 Å². The maximum absolute atomic E-state index is 14.6. The second-order valence-electron chi connectivity index (χ2n) is 13.8. The minimum absolute atomic E-state index is 0.0396. The molecule has 3 bridgehead atoms. The van der Waals surface area contributed by atoms with Crippen LogP contribution in [-0.4, -0.2) is 66.4 Å². The first-order chi connectivity index (χ1) is 22.1. The Morgan fingerprint density at radius 1 is 1.00 bits per heavy atom. The lowest BCUT2D eigenvalue weighted by Gasteiger charge is -2.41. The Labute approximate surface area is 271 Å². The monoisotopic (exact) mass is 654 g/mol. The highest BCUT2D eigenvalue weighted by molar-refractivity contribution is 7.91. The average molecular weight is 655 g/mol. The van der Waals surface area contributed by atoms with Gasteiger partial charge in [0.2, 0.25) is 27.7 Å². The van der Waals surface area contributed by atoms with Gasteiger partial charge in [-0.25, -0.2) is 8.42 Å². The summed E-state index contributed by atoms with van der Waals surface area (Å²) >= 11 is 0. The molecule has 11 nitrogen and oxygen atoms in total. The van der Waals surface area contributed by atoms with Crippen molar-refractivity contribution in [1.82, 2.24) is 20.3 Å². The van der Waals surface area contributed by atoms with Crippen molar-refractivity contribution in [3.63, 3.8) is 0 Å². The molecule has 6 rings (SSSR count). The van der Waals surface area contributed by atoms with Gasteiger partial charge in [0, 0.05) is 25.3 Å². The summed E-state index contributed by atoms with van der Waals surface area (Å²) in [7, 11) is -3.83. The van der Waals surface area contributed by atoms with E-state index in [2.05, 4.69) is 21.9 Å². The second kappa shape index (κ2) is 13.4. The number of nitrogens with one attached hydrogen (secondary N) is 3. The Balaban J connectivity index is 1.31. The third-order valence-electron chi connectivity index (χ3n) is 10.4. The molecule has 0 radical (unpaired) electrons. The van der Waals surface area contributed by atoms with Crippen LogP contribution < -0.4 is 20.1 Å². The smallest absolute Gasteiger partial charge is 0.259 e. The fraction of sp³-hybridized carbons (Fsp3) is 0.647. The van der Waals surface area contributed by atoms with E-state index in [1.807, 2.05) is 18.2 Å². The fourth-order valence-corrected chi connectivity index (χ4v) is 8.70. The summed E-state index contributed by atoms with van der Waals surface area (Å²) in [6.07, 6.45) is 11.4. The van der Waals surface area contributed by atoms with Crippen molar-refractivity contribution in [3.05, 3.63) is 42.0 Å². The molecular weight excluding hydrogens is 608 g/mol. The molecule has 4 atom stereocenters. The minimum atomic E-state index is -3.83. The molecule has 5 aliphatic rings. The lowest BCUT2D eigenvalue weighted by molar-refractivity contribution is -0.147. The molecule has 4 amide bonds. The number of rotatable bonds is 7. The van der Waals surface area contributed by atoms with Crippen LogP contribution >= 0.6 is 0 Å². The van der Waals surface area contributed by atoms with Crippen molar-refractivity contribution >= 4 is 33.7 Å². The number of benzene rings is 1. The van der Waals surface area contributed by atoms with Crippen LogP contribution in [0, 0.1) is 11.8 Å². The molecule has 12 heteroatoms. The third-order valence-corrected chi connectivity index (χ3v) is 12.2. The van der Waals surface area contributed by atoms with Crippen molar-refractivity contribution in [3.8, 4) is 5.75 Å². The van der Waals surface area contributed by atoms with Crippen molar-refractivity contribution in [1.29, 1.82) is 0 Å². The normalized spacial score (nSPS) is 29.3.